The molecule has 1 aromatic heterocycles. The van der Waals surface area contributed by atoms with Gasteiger partial charge in [-0.2, -0.15) is 0 Å². The van der Waals surface area contributed by atoms with Crippen LogP contribution in [-0.4, -0.2) is 16.6 Å². The van der Waals surface area contributed by atoms with Crippen LogP contribution in [0.3, 0.4) is 0 Å². The maximum atomic E-state index is 4.66. The summed E-state index contributed by atoms with van der Waals surface area (Å²) in [7, 11) is 4.13. The minimum absolute atomic E-state index is 0.389. The van der Waals surface area contributed by atoms with E-state index in [1.54, 1.807) is 0 Å². The fourth-order valence-electron chi connectivity index (χ4n) is 2.12. The van der Waals surface area contributed by atoms with Crippen molar-refractivity contribution in [2.24, 2.45) is 7.05 Å². The average Bonchev–Trinajstić information content (AvgIpc) is 3.08. The van der Waals surface area contributed by atoms with E-state index in [1.807, 2.05) is 20.9 Å². The zero-order chi connectivity index (χ0) is 12.3. The number of hydrogen-bond acceptors (Lipinski definition) is 2. The van der Waals surface area contributed by atoms with E-state index in [1.165, 1.54) is 30.1 Å². The topological polar surface area (TPSA) is 29.9 Å². The van der Waals surface area contributed by atoms with Crippen LogP contribution in [-0.2, 0) is 7.05 Å². The lowest BCUT2D eigenvalue weighted by Gasteiger charge is -2.13. The minimum Gasteiger partial charge on any atom is -0.333 e. The molecule has 1 heterocycles. The Morgan fingerprint density at radius 1 is 1.38 bits per heavy atom. The Morgan fingerprint density at radius 3 is 2.38 bits per heavy atom. The Labute approximate surface area is 99.3 Å². The van der Waals surface area contributed by atoms with E-state index in [0.717, 1.165) is 5.92 Å². The minimum atomic E-state index is 0.389. The lowest BCUT2D eigenvalue weighted by Crippen LogP contribution is -2.17. The quantitative estimate of drug-likeness (QED) is 0.854. The smallest absolute Gasteiger partial charge is 0.112 e. The molecule has 0 aromatic carbocycles. The van der Waals surface area contributed by atoms with Gasteiger partial charge in [-0.25, -0.2) is 4.98 Å². The highest BCUT2D eigenvalue weighted by Crippen LogP contribution is 2.40. The van der Waals surface area contributed by atoms with Crippen molar-refractivity contribution in [3.05, 3.63) is 17.2 Å². The average molecular weight is 223 g/mol. The molecule has 16 heavy (non-hydrogen) atoms. The highest BCUT2D eigenvalue weighted by Gasteiger charge is 2.30. The van der Waals surface area contributed by atoms with Crippen LogP contribution in [0.25, 0.3) is 0 Å². The van der Waals surface area contributed by atoms with Crippen LogP contribution in [0.15, 0.2) is 0 Å². The highest BCUT2D eigenvalue weighted by molar-refractivity contribution is 5.22. The second-order valence-electron chi connectivity index (χ2n) is 4.28. The maximum absolute atomic E-state index is 4.66. The Morgan fingerprint density at radius 2 is 1.94 bits per heavy atom. The standard InChI is InChI=1S/C11H19N3.C2H6/c1-7(12-3)10-8(2)13-11(14(10)4)9-5-6-9;1-2/h7,9,12H,5-6H2,1-4H3;1-2H3. The molecule has 0 saturated heterocycles. The third kappa shape index (κ3) is 2.46. The van der Waals surface area contributed by atoms with Gasteiger partial charge in [-0.1, -0.05) is 13.8 Å². The van der Waals surface area contributed by atoms with E-state index < -0.39 is 0 Å². The third-order valence-electron chi connectivity index (χ3n) is 3.14. The number of nitrogens with zero attached hydrogens (tertiary/aromatic N) is 2. The first-order valence-electron chi connectivity index (χ1n) is 6.35. The zero-order valence-corrected chi connectivity index (χ0v) is 11.5. The number of hydrogen-bond donors (Lipinski definition) is 1. The fourth-order valence-corrected chi connectivity index (χ4v) is 2.12. The molecule has 0 aliphatic heterocycles. The fraction of sp³-hybridized carbons (Fsp3) is 0.769. The van der Waals surface area contributed by atoms with E-state index in [4.69, 9.17) is 0 Å². The lowest BCUT2D eigenvalue weighted by molar-refractivity contribution is 0.593. The second-order valence-corrected chi connectivity index (χ2v) is 4.28. The Balaban J connectivity index is 0.000000606. The molecule has 0 radical (unpaired) electrons. The highest BCUT2D eigenvalue weighted by atomic mass is 15.1. The van der Waals surface area contributed by atoms with Crippen LogP contribution in [0.4, 0.5) is 0 Å². The van der Waals surface area contributed by atoms with Gasteiger partial charge in [-0.05, 0) is 33.7 Å². The summed E-state index contributed by atoms with van der Waals surface area (Å²) in [5, 5.41) is 3.27. The summed E-state index contributed by atoms with van der Waals surface area (Å²) >= 11 is 0. The summed E-state index contributed by atoms with van der Waals surface area (Å²) in [6.07, 6.45) is 2.63. The Hall–Kier alpha value is -0.830. The molecule has 1 fully saturated rings. The summed E-state index contributed by atoms with van der Waals surface area (Å²) in [6, 6.07) is 0.389. The maximum Gasteiger partial charge on any atom is 0.112 e. The number of imidazole rings is 1. The van der Waals surface area contributed by atoms with Crippen molar-refractivity contribution in [2.75, 3.05) is 7.05 Å². The van der Waals surface area contributed by atoms with E-state index in [0.29, 0.717) is 6.04 Å². The van der Waals surface area contributed by atoms with Crippen molar-refractivity contribution in [1.82, 2.24) is 14.9 Å². The van der Waals surface area contributed by atoms with Gasteiger partial charge >= 0.3 is 0 Å². The van der Waals surface area contributed by atoms with E-state index in [-0.39, 0.29) is 0 Å². The van der Waals surface area contributed by atoms with E-state index in [2.05, 4.69) is 35.8 Å². The first kappa shape index (κ1) is 13.2. The van der Waals surface area contributed by atoms with Gasteiger partial charge in [0.2, 0.25) is 0 Å². The lowest BCUT2D eigenvalue weighted by atomic mass is 10.2. The molecule has 1 atom stereocenters. The van der Waals surface area contributed by atoms with Crippen molar-refractivity contribution in [1.29, 1.82) is 0 Å². The molecule has 0 amide bonds. The van der Waals surface area contributed by atoms with Crippen LogP contribution in [0.5, 0.6) is 0 Å². The molecule has 0 bridgehead atoms. The number of aryl methyl sites for hydroxylation is 1. The van der Waals surface area contributed by atoms with Crippen LogP contribution in [0.2, 0.25) is 0 Å². The van der Waals surface area contributed by atoms with Crippen molar-refractivity contribution in [2.45, 2.75) is 52.5 Å². The molecule has 1 aromatic rings. The van der Waals surface area contributed by atoms with Crippen LogP contribution >= 0.6 is 0 Å². The largest absolute Gasteiger partial charge is 0.333 e. The normalized spacial score (nSPS) is 16.6. The molecule has 3 nitrogen and oxygen atoms in total. The van der Waals surface area contributed by atoms with Crippen molar-refractivity contribution in [3.8, 4) is 0 Å². The summed E-state index contributed by atoms with van der Waals surface area (Å²) in [5.74, 6) is 2.01. The molecule has 1 N–H and O–H groups in total. The van der Waals surface area contributed by atoms with Crippen molar-refractivity contribution in [3.63, 3.8) is 0 Å². The number of aromatic nitrogens is 2. The van der Waals surface area contributed by atoms with Gasteiger partial charge in [0.15, 0.2) is 0 Å². The second kappa shape index (κ2) is 5.48. The summed E-state index contributed by atoms with van der Waals surface area (Å²) < 4.78 is 2.27. The summed E-state index contributed by atoms with van der Waals surface area (Å²) in [6.45, 7) is 8.29. The Bertz CT molecular complexity index is 337. The van der Waals surface area contributed by atoms with Gasteiger partial charge in [-0.15, -0.1) is 0 Å². The molecular formula is C13H25N3. The predicted octanol–water partition coefficient (Wildman–Crippen LogP) is 2.91. The van der Waals surface area contributed by atoms with E-state index >= 15 is 0 Å². The van der Waals surface area contributed by atoms with Gasteiger partial charge in [0.25, 0.3) is 0 Å². The molecule has 92 valence electrons. The monoisotopic (exact) mass is 223 g/mol. The first-order valence-corrected chi connectivity index (χ1v) is 6.35. The molecule has 2 rings (SSSR count). The molecule has 1 saturated carbocycles. The zero-order valence-electron chi connectivity index (χ0n) is 11.5. The van der Waals surface area contributed by atoms with Crippen molar-refractivity contribution >= 4 is 0 Å². The van der Waals surface area contributed by atoms with Gasteiger partial charge in [0.05, 0.1) is 11.4 Å². The number of rotatable bonds is 3. The first-order chi connectivity index (χ1) is 7.65. The Kier molecular flexibility index (Phi) is 4.54. The summed E-state index contributed by atoms with van der Waals surface area (Å²) in [4.78, 5) is 4.66. The molecule has 3 heteroatoms. The molecule has 0 spiro atoms. The van der Waals surface area contributed by atoms with Crippen LogP contribution in [0.1, 0.15) is 62.8 Å². The molecular weight excluding hydrogens is 198 g/mol. The molecule has 1 aliphatic carbocycles. The van der Waals surface area contributed by atoms with Crippen LogP contribution in [0, 0.1) is 6.92 Å². The van der Waals surface area contributed by atoms with Gasteiger partial charge in [0.1, 0.15) is 5.82 Å². The summed E-state index contributed by atoms with van der Waals surface area (Å²) in [5.41, 5.74) is 2.51. The molecule has 1 aliphatic rings. The van der Waals surface area contributed by atoms with Crippen LogP contribution < -0.4 is 5.32 Å². The predicted molar refractivity (Wildman–Crippen MR) is 68.7 cm³/mol. The van der Waals surface area contributed by atoms with Gasteiger partial charge < -0.3 is 9.88 Å². The third-order valence-corrected chi connectivity index (χ3v) is 3.14. The van der Waals surface area contributed by atoms with Gasteiger partial charge in [-0.3, -0.25) is 0 Å². The molecule has 1 unspecified atom stereocenters. The SMILES string of the molecule is CC.CNC(C)c1c(C)nc(C2CC2)n1C. The van der Waals surface area contributed by atoms with E-state index in [9.17, 15) is 0 Å². The number of nitrogens with one attached hydrogen (secondary N) is 1. The van der Waals surface area contributed by atoms with Gasteiger partial charge in [0, 0.05) is 19.0 Å². The van der Waals surface area contributed by atoms with Crippen molar-refractivity contribution < 1.29 is 0 Å².